The molecule has 0 aliphatic heterocycles. The van der Waals surface area contributed by atoms with Crippen LogP contribution in [0.25, 0.3) is 16.3 Å². The maximum Gasteiger partial charge on any atom is 0.193 e. The van der Waals surface area contributed by atoms with Crippen molar-refractivity contribution in [2.24, 2.45) is 5.92 Å². The first kappa shape index (κ1) is 12.6. The Morgan fingerprint density at radius 2 is 1.76 bits per heavy atom. The number of benzene rings is 2. The molecule has 2 aromatic carbocycles. The zero-order chi connectivity index (χ0) is 14.7. The summed E-state index contributed by atoms with van der Waals surface area (Å²) in [7, 11) is 0. The van der Waals surface area contributed by atoms with Crippen molar-refractivity contribution in [3.8, 4) is 0 Å². The van der Waals surface area contributed by atoms with E-state index in [2.05, 4.69) is 38.6 Å². The lowest BCUT2D eigenvalue weighted by Crippen LogP contribution is -2.14. The molecule has 0 radical (unpaired) electrons. The van der Waals surface area contributed by atoms with E-state index in [1.807, 2.05) is 12.1 Å². The van der Waals surface area contributed by atoms with Gasteiger partial charge in [-0.3, -0.25) is 4.79 Å². The molecule has 0 fully saturated rings. The first-order valence-electron chi connectivity index (χ1n) is 7.56. The number of hydrogen-bond donors (Lipinski definition) is 0. The second kappa shape index (κ2) is 4.17. The minimum atomic E-state index is 0.119. The Balaban J connectivity index is 2.13. The van der Waals surface area contributed by atoms with Gasteiger partial charge in [-0.1, -0.05) is 43.8 Å². The third kappa shape index (κ3) is 1.61. The third-order valence-corrected chi connectivity index (χ3v) is 4.91. The van der Waals surface area contributed by atoms with Gasteiger partial charge in [0.1, 0.15) is 0 Å². The largest absolute Gasteiger partial charge is 0.289 e. The average molecular weight is 274 g/mol. The van der Waals surface area contributed by atoms with Gasteiger partial charge in [0, 0.05) is 11.1 Å². The van der Waals surface area contributed by atoms with Crippen molar-refractivity contribution in [1.82, 2.24) is 0 Å². The summed E-state index contributed by atoms with van der Waals surface area (Å²) >= 11 is 0. The lowest BCUT2D eigenvalue weighted by atomic mass is 9.80. The molecule has 2 aliphatic carbocycles. The molecule has 4 rings (SSSR count). The van der Waals surface area contributed by atoms with Crippen molar-refractivity contribution < 1.29 is 4.79 Å². The highest BCUT2D eigenvalue weighted by molar-refractivity contribution is 6.24. The summed E-state index contributed by atoms with van der Waals surface area (Å²) < 4.78 is 0. The number of Topliss-reactive ketones (excluding diaryl/α,β-unsaturated/α-hetero) is 1. The number of rotatable bonds is 0. The molecule has 1 heteroatoms. The molecule has 0 spiro atoms. The summed E-state index contributed by atoms with van der Waals surface area (Å²) in [6.07, 6.45) is 2.05. The quantitative estimate of drug-likeness (QED) is 0.612. The zero-order valence-electron chi connectivity index (χ0n) is 12.5. The lowest BCUT2D eigenvalue weighted by molar-refractivity contribution is 0.103. The van der Waals surface area contributed by atoms with Crippen LogP contribution in [0.2, 0.25) is 0 Å². The second-order valence-electron chi connectivity index (χ2n) is 6.44. The van der Waals surface area contributed by atoms with Crippen molar-refractivity contribution in [2.75, 3.05) is 0 Å². The highest BCUT2D eigenvalue weighted by Crippen LogP contribution is 2.47. The molecule has 0 saturated carbocycles. The summed E-state index contributed by atoms with van der Waals surface area (Å²) in [4.78, 5) is 12.9. The van der Waals surface area contributed by atoms with E-state index in [0.29, 0.717) is 5.92 Å². The van der Waals surface area contributed by atoms with Gasteiger partial charge in [-0.15, -0.1) is 0 Å². The van der Waals surface area contributed by atoms with Crippen LogP contribution >= 0.6 is 0 Å². The molecule has 0 N–H and O–H groups in total. The maximum absolute atomic E-state index is 12.9. The molecule has 1 nitrogen and oxygen atoms in total. The number of fused-ring (bicyclic) bond motifs is 4. The van der Waals surface area contributed by atoms with Gasteiger partial charge in [0.05, 0.1) is 0 Å². The van der Waals surface area contributed by atoms with Crippen molar-refractivity contribution in [2.45, 2.75) is 26.7 Å². The summed E-state index contributed by atoms with van der Waals surface area (Å²) in [6, 6.07) is 10.4. The molecule has 1 atom stereocenters. The van der Waals surface area contributed by atoms with Crippen molar-refractivity contribution in [3.05, 3.63) is 64.7 Å². The number of ketones is 1. The molecule has 104 valence electrons. The van der Waals surface area contributed by atoms with E-state index in [1.165, 1.54) is 22.1 Å². The molecular formula is C20H18O. The molecule has 0 bridgehead atoms. The smallest absolute Gasteiger partial charge is 0.193 e. The molecule has 2 aromatic rings. The predicted molar refractivity (Wildman–Crippen MR) is 87.5 cm³/mol. The van der Waals surface area contributed by atoms with Gasteiger partial charge in [-0.2, -0.15) is 0 Å². The normalized spacial score (nSPS) is 21.0. The topological polar surface area (TPSA) is 17.1 Å². The van der Waals surface area contributed by atoms with E-state index in [1.54, 1.807) is 0 Å². The van der Waals surface area contributed by atoms with Crippen LogP contribution in [0.3, 0.4) is 0 Å². The van der Waals surface area contributed by atoms with E-state index in [9.17, 15) is 4.79 Å². The van der Waals surface area contributed by atoms with Gasteiger partial charge < -0.3 is 0 Å². The molecule has 0 saturated heterocycles. The SMILES string of the molecule is C=C1C(=O)c2c(cc(C)c3ccccc23)C2=C1CC(C)C2. The number of aryl methyl sites for hydroxylation is 1. The van der Waals surface area contributed by atoms with Gasteiger partial charge in [-0.05, 0) is 58.7 Å². The van der Waals surface area contributed by atoms with Crippen LogP contribution in [0.4, 0.5) is 0 Å². The maximum atomic E-state index is 12.9. The highest BCUT2D eigenvalue weighted by Gasteiger charge is 2.34. The van der Waals surface area contributed by atoms with Crippen molar-refractivity contribution in [3.63, 3.8) is 0 Å². The van der Waals surface area contributed by atoms with Crippen LogP contribution in [0.15, 0.2) is 48.1 Å². The summed E-state index contributed by atoms with van der Waals surface area (Å²) in [6.45, 7) is 8.48. The first-order chi connectivity index (χ1) is 10.1. The fourth-order valence-corrected chi connectivity index (χ4v) is 3.92. The standard InChI is InChI=1S/C20H18O/c1-11-8-16-13(3)20(21)19-15-7-5-4-6-14(15)12(2)10-18(19)17(16)9-11/h4-7,10-11H,3,8-9H2,1-2H3. The van der Waals surface area contributed by atoms with E-state index in [-0.39, 0.29) is 5.78 Å². The Labute approximate surface area is 125 Å². The summed E-state index contributed by atoms with van der Waals surface area (Å²) in [5.41, 5.74) is 6.55. The molecular weight excluding hydrogens is 256 g/mol. The number of hydrogen-bond acceptors (Lipinski definition) is 1. The van der Waals surface area contributed by atoms with E-state index in [0.717, 1.165) is 34.9 Å². The number of carbonyl (C=O) groups excluding carboxylic acids is 1. The highest BCUT2D eigenvalue weighted by atomic mass is 16.1. The summed E-state index contributed by atoms with van der Waals surface area (Å²) in [5, 5.41) is 2.25. The Morgan fingerprint density at radius 3 is 2.52 bits per heavy atom. The van der Waals surface area contributed by atoms with Gasteiger partial charge in [0.25, 0.3) is 0 Å². The molecule has 0 aromatic heterocycles. The van der Waals surface area contributed by atoms with Gasteiger partial charge in [0.2, 0.25) is 0 Å². The first-order valence-corrected chi connectivity index (χ1v) is 7.56. The molecule has 2 aliphatic rings. The zero-order valence-corrected chi connectivity index (χ0v) is 12.5. The van der Waals surface area contributed by atoms with Crippen LogP contribution in [-0.4, -0.2) is 5.78 Å². The van der Waals surface area contributed by atoms with Crippen LogP contribution in [0, 0.1) is 12.8 Å². The second-order valence-corrected chi connectivity index (χ2v) is 6.44. The van der Waals surface area contributed by atoms with E-state index < -0.39 is 0 Å². The van der Waals surface area contributed by atoms with Crippen LogP contribution < -0.4 is 0 Å². The fraction of sp³-hybridized carbons (Fsp3) is 0.250. The molecule has 0 heterocycles. The fourth-order valence-electron chi connectivity index (χ4n) is 3.92. The minimum absolute atomic E-state index is 0.119. The molecule has 21 heavy (non-hydrogen) atoms. The van der Waals surface area contributed by atoms with E-state index in [4.69, 9.17) is 0 Å². The Morgan fingerprint density at radius 1 is 1.10 bits per heavy atom. The molecule has 0 amide bonds. The third-order valence-electron chi connectivity index (χ3n) is 4.91. The van der Waals surface area contributed by atoms with E-state index >= 15 is 0 Å². The van der Waals surface area contributed by atoms with Gasteiger partial charge >= 0.3 is 0 Å². The Kier molecular flexibility index (Phi) is 2.50. The average Bonchev–Trinajstić information content (AvgIpc) is 2.87. The monoisotopic (exact) mass is 274 g/mol. The summed E-state index contributed by atoms with van der Waals surface area (Å²) in [5.74, 6) is 0.728. The predicted octanol–water partition coefficient (Wildman–Crippen LogP) is 5.08. The Hall–Kier alpha value is -2.15. The van der Waals surface area contributed by atoms with Crippen LogP contribution in [-0.2, 0) is 0 Å². The number of carbonyl (C=O) groups is 1. The van der Waals surface area contributed by atoms with Crippen molar-refractivity contribution >= 4 is 22.1 Å². The lowest BCUT2D eigenvalue weighted by Gasteiger charge is -2.22. The van der Waals surface area contributed by atoms with Gasteiger partial charge in [-0.25, -0.2) is 0 Å². The van der Waals surface area contributed by atoms with Gasteiger partial charge in [0.15, 0.2) is 5.78 Å². The molecule has 1 unspecified atom stereocenters. The number of allylic oxidation sites excluding steroid dienone is 3. The minimum Gasteiger partial charge on any atom is -0.289 e. The Bertz CT molecular complexity index is 852. The van der Waals surface area contributed by atoms with Crippen LogP contribution in [0.1, 0.15) is 41.3 Å². The van der Waals surface area contributed by atoms with Crippen LogP contribution in [0.5, 0.6) is 0 Å². The van der Waals surface area contributed by atoms with Crippen molar-refractivity contribution in [1.29, 1.82) is 0 Å².